The summed E-state index contributed by atoms with van der Waals surface area (Å²) < 4.78 is 13.3. The van der Waals surface area contributed by atoms with Crippen molar-refractivity contribution >= 4 is 11.6 Å². The maximum absolute atomic E-state index is 13.3. The second-order valence-corrected chi connectivity index (χ2v) is 5.57. The molecule has 112 valence electrons. The predicted molar refractivity (Wildman–Crippen MR) is 85.1 cm³/mol. The molecule has 1 unspecified atom stereocenters. The molecule has 0 fully saturated rings. The third-order valence-electron chi connectivity index (χ3n) is 3.44. The molecular formula is C17H20ClFN2. The highest BCUT2D eigenvalue weighted by Crippen LogP contribution is 2.23. The van der Waals surface area contributed by atoms with Gasteiger partial charge in [-0.3, -0.25) is 4.98 Å². The largest absolute Gasteiger partial charge is 0.308 e. The second-order valence-electron chi connectivity index (χ2n) is 5.16. The van der Waals surface area contributed by atoms with Crippen molar-refractivity contribution in [1.29, 1.82) is 0 Å². The minimum absolute atomic E-state index is 0.104. The van der Waals surface area contributed by atoms with E-state index in [-0.39, 0.29) is 16.9 Å². The number of rotatable bonds is 6. The molecule has 0 bridgehead atoms. The van der Waals surface area contributed by atoms with Crippen LogP contribution >= 0.6 is 11.6 Å². The van der Waals surface area contributed by atoms with Gasteiger partial charge in [-0.2, -0.15) is 0 Å². The molecule has 1 heterocycles. The molecule has 1 aromatic carbocycles. The molecule has 0 aliphatic heterocycles. The minimum atomic E-state index is -0.382. The quantitative estimate of drug-likeness (QED) is 0.852. The first-order valence-corrected chi connectivity index (χ1v) is 7.58. The Bertz CT molecular complexity index is 601. The monoisotopic (exact) mass is 306 g/mol. The van der Waals surface area contributed by atoms with Crippen molar-refractivity contribution in [2.24, 2.45) is 0 Å². The van der Waals surface area contributed by atoms with Gasteiger partial charge in [-0.1, -0.05) is 30.7 Å². The highest BCUT2D eigenvalue weighted by Gasteiger charge is 2.15. The third-order valence-corrected chi connectivity index (χ3v) is 3.73. The standard InChI is InChI=1S/C17H20ClFN2/c1-3-8-20-16(17-12(2)5-4-9-21-17)11-13-6-7-15(19)14(18)10-13/h4-7,9-10,16,20H,3,8,11H2,1-2H3. The summed E-state index contributed by atoms with van der Waals surface area (Å²) in [6.07, 6.45) is 3.59. The van der Waals surface area contributed by atoms with E-state index >= 15 is 0 Å². The summed E-state index contributed by atoms with van der Waals surface area (Å²) >= 11 is 5.87. The zero-order valence-corrected chi connectivity index (χ0v) is 13.1. The number of nitrogens with one attached hydrogen (secondary N) is 1. The van der Waals surface area contributed by atoms with E-state index in [1.165, 1.54) is 6.07 Å². The van der Waals surface area contributed by atoms with E-state index in [9.17, 15) is 4.39 Å². The number of pyridine rings is 1. The molecule has 1 N–H and O–H groups in total. The lowest BCUT2D eigenvalue weighted by molar-refractivity contribution is 0.515. The van der Waals surface area contributed by atoms with Crippen molar-refractivity contribution in [2.75, 3.05) is 6.54 Å². The van der Waals surface area contributed by atoms with Crippen LogP contribution in [-0.4, -0.2) is 11.5 Å². The molecule has 4 heteroatoms. The van der Waals surface area contributed by atoms with Gasteiger partial charge in [0.2, 0.25) is 0 Å². The summed E-state index contributed by atoms with van der Waals surface area (Å²) in [5.74, 6) is -0.382. The van der Waals surface area contributed by atoms with Gasteiger partial charge in [0.15, 0.2) is 0 Å². The van der Waals surface area contributed by atoms with Gasteiger partial charge in [-0.05, 0) is 55.6 Å². The fourth-order valence-electron chi connectivity index (χ4n) is 2.35. The number of nitrogens with zero attached hydrogens (tertiary/aromatic N) is 1. The smallest absolute Gasteiger partial charge is 0.141 e. The van der Waals surface area contributed by atoms with Gasteiger partial charge in [0.05, 0.1) is 16.8 Å². The number of aryl methyl sites for hydroxylation is 1. The van der Waals surface area contributed by atoms with Crippen LogP contribution in [0.2, 0.25) is 5.02 Å². The topological polar surface area (TPSA) is 24.9 Å². The van der Waals surface area contributed by atoms with Crippen LogP contribution in [0.1, 0.15) is 36.2 Å². The molecule has 0 radical (unpaired) electrons. The lowest BCUT2D eigenvalue weighted by Crippen LogP contribution is -2.25. The predicted octanol–water partition coefficient (Wildman–Crippen LogP) is 4.47. The summed E-state index contributed by atoms with van der Waals surface area (Å²) in [6.45, 7) is 5.10. The number of benzene rings is 1. The molecular weight excluding hydrogens is 287 g/mol. The Balaban J connectivity index is 2.24. The van der Waals surface area contributed by atoms with Gasteiger partial charge < -0.3 is 5.32 Å². The molecule has 2 aromatic rings. The van der Waals surface area contributed by atoms with E-state index in [0.717, 1.165) is 36.2 Å². The molecule has 0 saturated heterocycles. The Morgan fingerprint density at radius 1 is 1.33 bits per heavy atom. The summed E-state index contributed by atoms with van der Waals surface area (Å²) in [4.78, 5) is 4.50. The molecule has 0 aliphatic rings. The molecule has 0 saturated carbocycles. The van der Waals surface area contributed by atoms with E-state index < -0.39 is 0 Å². The molecule has 2 nitrogen and oxygen atoms in total. The first-order chi connectivity index (χ1) is 10.1. The van der Waals surface area contributed by atoms with E-state index in [1.54, 1.807) is 18.3 Å². The Morgan fingerprint density at radius 2 is 2.14 bits per heavy atom. The van der Waals surface area contributed by atoms with Crippen LogP contribution < -0.4 is 5.32 Å². The van der Waals surface area contributed by atoms with Crippen molar-refractivity contribution in [3.05, 3.63) is 64.2 Å². The highest BCUT2D eigenvalue weighted by molar-refractivity contribution is 6.30. The lowest BCUT2D eigenvalue weighted by Gasteiger charge is -2.20. The van der Waals surface area contributed by atoms with Crippen LogP contribution in [0.4, 0.5) is 4.39 Å². The van der Waals surface area contributed by atoms with Crippen molar-refractivity contribution in [3.63, 3.8) is 0 Å². The summed E-state index contributed by atoms with van der Waals surface area (Å²) in [5.41, 5.74) is 3.19. The van der Waals surface area contributed by atoms with Crippen molar-refractivity contribution in [2.45, 2.75) is 32.7 Å². The number of halogens is 2. The normalized spacial score (nSPS) is 12.4. The third kappa shape index (κ3) is 4.26. The van der Waals surface area contributed by atoms with Gasteiger partial charge in [-0.25, -0.2) is 4.39 Å². The van der Waals surface area contributed by atoms with E-state index in [1.807, 2.05) is 6.07 Å². The minimum Gasteiger partial charge on any atom is -0.308 e. The number of hydrogen-bond donors (Lipinski definition) is 1. The Morgan fingerprint density at radius 3 is 2.81 bits per heavy atom. The van der Waals surface area contributed by atoms with Crippen LogP contribution in [0.15, 0.2) is 36.5 Å². The average Bonchev–Trinajstić information content (AvgIpc) is 2.48. The molecule has 1 atom stereocenters. The average molecular weight is 307 g/mol. The Hall–Kier alpha value is -1.45. The van der Waals surface area contributed by atoms with Crippen molar-refractivity contribution in [3.8, 4) is 0 Å². The van der Waals surface area contributed by atoms with Crippen LogP contribution in [0.5, 0.6) is 0 Å². The van der Waals surface area contributed by atoms with E-state index in [2.05, 4.69) is 30.2 Å². The first kappa shape index (κ1) is 15.9. The molecule has 21 heavy (non-hydrogen) atoms. The SMILES string of the molecule is CCCNC(Cc1ccc(F)c(Cl)c1)c1ncccc1C. The first-order valence-electron chi connectivity index (χ1n) is 7.20. The van der Waals surface area contributed by atoms with Crippen molar-refractivity contribution < 1.29 is 4.39 Å². The van der Waals surface area contributed by atoms with E-state index in [0.29, 0.717) is 0 Å². The van der Waals surface area contributed by atoms with Gasteiger partial charge in [0.25, 0.3) is 0 Å². The summed E-state index contributed by atoms with van der Waals surface area (Å²) in [6, 6.07) is 8.98. The fraction of sp³-hybridized carbons (Fsp3) is 0.353. The maximum atomic E-state index is 13.3. The van der Waals surface area contributed by atoms with Crippen LogP contribution in [0, 0.1) is 12.7 Å². The van der Waals surface area contributed by atoms with Crippen LogP contribution in [0.25, 0.3) is 0 Å². The number of hydrogen-bond acceptors (Lipinski definition) is 2. The Labute approximate surface area is 130 Å². The Kier molecular flexibility index (Phi) is 5.71. The van der Waals surface area contributed by atoms with Gasteiger partial charge in [-0.15, -0.1) is 0 Å². The van der Waals surface area contributed by atoms with Crippen molar-refractivity contribution in [1.82, 2.24) is 10.3 Å². The molecule has 2 rings (SSSR count). The summed E-state index contributed by atoms with van der Waals surface area (Å²) in [5, 5.41) is 3.68. The van der Waals surface area contributed by atoms with E-state index in [4.69, 9.17) is 11.6 Å². The molecule has 1 aromatic heterocycles. The zero-order chi connectivity index (χ0) is 15.2. The fourth-order valence-corrected chi connectivity index (χ4v) is 2.55. The zero-order valence-electron chi connectivity index (χ0n) is 12.4. The molecule has 0 amide bonds. The molecule has 0 spiro atoms. The second kappa shape index (κ2) is 7.53. The van der Waals surface area contributed by atoms with Crippen LogP contribution in [0.3, 0.4) is 0 Å². The maximum Gasteiger partial charge on any atom is 0.141 e. The highest BCUT2D eigenvalue weighted by atomic mass is 35.5. The number of aromatic nitrogens is 1. The van der Waals surface area contributed by atoms with Gasteiger partial charge >= 0.3 is 0 Å². The van der Waals surface area contributed by atoms with Gasteiger partial charge in [0.1, 0.15) is 5.82 Å². The summed E-state index contributed by atoms with van der Waals surface area (Å²) in [7, 11) is 0. The molecule has 0 aliphatic carbocycles. The van der Waals surface area contributed by atoms with Crippen LogP contribution in [-0.2, 0) is 6.42 Å². The lowest BCUT2D eigenvalue weighted by atomic mass is 9.99. The van der Waals surface area contributed by atoms with Gasteiger partial charge in [0, 0.05) is 6.20 Å².